The summed E-state index contributed by atoms with van der Waals surface area (Å²) in [4.78, 5) is 24.6. The molecular weight excluding hydrogens is 296 g/mol. The van der Waals surface area contributed by atoms with Crippen LogP contribution in [0.5, 0.6) is 0 Å². The molecular formula is C18H28O5. The zero-order valence-corrected chi connectivity index (χ0v) is 14.2. The Kier molecular flexibility index (Phi) is 6.63. The lowest BCUT2D eigenvalue weighted by Gasteiger charge is -2.28. The molecule has 0 bridgehead atoms. The molecule has 130 valence electrons. The highest BCUT2D eigenvalue weighted by Crippen LogP contribution is 2.32. The van der Waals surface area contributed by atoms with Gasteiger partial charge in [0.25, 0.3) is 0 Å². The Morgan fingerprint density at radius 1 is 1.04 bits per heavy atom. The minimum absolute atomic E-state index is 0.0664. The number of ketones is 1. The van der Waals surface area contributed by atoms with Gasteiger partial charge in [0.1, 0.15) is 17.4 Å². The topological polar surface area (TPSA) is 72.8 Å². The predicted molar refractivity (Wildman–Crippen MR) is 85.7 cm³/mol. The van der Waals surface area contributed by atoms with Crippen LogP contribution in [-0.2, 0) is 19.1 Å². The van der Waals surface area contributed by atoms with E-state index in [-0.39, 0.29) is 11.7 Å². The van der Waals surface area contributed by atoms with Crippen molar-refractivity contribution in [1.29, 1.82) is 0 Å². The summed E-state index contributed by atoms with van der Waals surface area (Å²) in [6.07, 6.45) is 5.93. The van der Waals surface area contributed by atoms with Gasteiger partial charge in [-0.05, 0) is 25.7 Å². The molecule has 1 N–H and O–H groups in total. The molecule has 0 spiro atoms. The Hall–Kier alpha value is -1.36. The van der Waals surface area contributed by atoms with E-state index >= 15 is 0 Å². The molecule has 2 rings (SSSR count). The summed E-state index contributed by atoms with van der Waals surface area (Å²) in [5, 5.41) is 10.2. The van der Waals surface area contributed by atoms with Crippen LogP contribution in [0, 0.1) is 0 Å². The van der Waals surface area contributed by atoms with Gasteiger partial charge in [0.15, 0.2) is 6.10 Å². The van der Waals surface area contributed by atoms with Crippen molar-refractivity contribution in [3.63, 3.8) is 0 Å². The molecule has 0 radical (unpaired) electrons. The number of cyclic esters (lactones) is 1. The maximum atomic E-state index is 12.4. The van der Waals surface area contributed by atoms with Crippen LogP contribution in [0.3, 0.4) is 0 Å². The molecule has 0 unspecified atom stereocenters. The summed E-state index contributed by atoms with van der Waals surface area (Å²) in [6, 6.07) is 0. The number of hydrogen-bond donors (Lipinski definition) is 1. The molecule has 0 amide bonds. The van der Waals surface area contributed by atoms with Crippen molar-refractivity contribution in [2.75, 3.05) is 0 Å². The maximum Gasteiger partial charge on any atom is 0.345 e. The van der Waals surface area contributed by atoms with Crippen LogP contribution in [0.25, 0.3) is 0 Å². The summed E-state index contributed by atoms with van der Waals surface area (Å²) in [7, 11) is 0. The normalized spacial score (nSPS) is 31.2. The van der Waals surface area contributed by atoms with Gasteiger partial charge < -0.3 is 14.6 Å². The largest absolute Gasteiger partial charge is 0.494 e. The minimum atomic E-state index is -1.26. The Morgan fingerprint density at radius 3 is 2.48 bits per heavy atom. The molecule has 23 heavy (non-hydrogen) atoms. The Labute approximate surface area is 138 Å². The Morgan fingerprint density at radius 2 is 1.78 bits per heavy atom. The summed E-state index contributed by atoms with van der Waals surface area (Å²) >= 11 is 0. The van der Waals surface area contributed by atoms with E-state index in [0.29, 0.717) is 18.6 Å². The van der Waals surface area contributed by atoms with Crippen LogP contribution in [-0.4, -0.2) is 35.2 Å². The van der Waals surface area contributed by atoms with Gasteiger partial charge >= 0.3 is 5.97 Å². The van der Waals surface area contributed by atoms with Crippen LogP contribution >= 0.6 is 0 Å². The van der Waals surface area contributed by atoms with E-state index in [4.69, 9.17) is 9.47 Å². The molecule has 0 aromatic carbocycles. The predicted octanol–water partition coefficient (Wildman–Crippen LogP) is 3.05. The standard InChI is InChI=1S/C18H28O5/c1-3-5-7-9-14-16(19)17(20)15(18(21)23-14)13-11-10-12(22-13)8-6-4-2/h12,14,16,19H,3-11H2,1-2H3/b15-13-/t12-,14+,16-/m1/s1. The van der Waals surface area contributed by atoms with Crippen molar-refractivity contribution >= 4 is 11.8 Å². The molecule has 2 saturated heterocycles. The third-order valence-electron chi connectivity index (χ3n) is 4.58. The second-order valence-corrected chi connectivity index (χ2v) is 6.47. The van der Waals surface area contributed by atoms with Gasteiger partial charge in [-0.25, -0.2) is 4.79 Å². The van der Waals surface area contributed by atoms with Crippen LogP contribution in [0.1, 0.15) is 71.6 Å². The highest BCUT2D eigenvalue weighted by atomic mass is 16.6. The summed E-state index contributed by atoms with van der Waals surface area (Å²) in [5.41, 5.74) is -0.0664. The van der Waals surface area contributed by atoms with E-state index < -0.39 is 24.0 Å². The molecule has 2 fully saturated rings. The number of Topliss-reactive ketones (excluding diaryl/α,β-unsaturated/α-hetero) is 1. The average Bonchev–Trinajstić information content (AvgIpc) is 2.99. The summed E-state index contributed by atoms with van der Waals surface area (Å²) in [5.74, 6) is -0.756. The number of hydrogen-bond acceptors (Lipinski definition) is 5. The third-order valence-corrected chi connectivity index (χ3v) is 4.58. The van der Waals surface area contributed by atoms with Crippen LogP contribution in [0.4, 0.5) is 0 Å². The molecule has 0 aliphatic carbocycles. The zero-order chi connectivity index (χ0) is 16.8. The first-order valence-electron chi connectivity index (χ1n) is 8.91. The van der Waals surface area contributed by atoms with Crippen molar-refractivity contribution < 1.29 is 24.2 Å². The van der Waals surface area contributed by atoms with E-state index in [1.54, 1.807) is 0 Å². The molecule has 2 aliphatic rings. The number of carbonyl (C=O) groups is 2. The lowest BCUT2D eigenvalue weighted by Crippen LogP contribution is -2.46. The van der Waals surface area contributed by atoms with Gasteiger partial charge in [0.05, 0.1) is 6.10 Å². The maximum absolute atomic E-state index is 12.4. The number of ether oxygens (including phenoxy) is 2. The van der Waals surface area contributed by atoms with E-state index in [0.717, 1.165) is 44.9 Å². The molecule has 5 heteroatoms. The van der Waals surface area contributed by atoms with Crippen molar-refractivity contribution in [3.05, 3.63) is 11.3 Å². The van der Waals surface area contributed by atoms with E-state index in [9.17, 15) is 14.7 Å². The van der Waals surface area contributed by atoms with Crippen molar-refractivity contribution in [2.45, 2.75) is 89.9 Å². The van der Waals surface area contributed by atoms with Gasteiger partial charge in [0.2, 0.25) is 5.78 Å². The number of rotatable bonds is 7. The Bertz CT molecular complexity index is 468. The first-order valence-corrected chi connectivity index (χ1v) is 8.91. The monoisotopic (exact) mass is 324 g/mol. The SMILES string of the molecule is CCCCC[C@@H]1OC(=O)/C(=C2/CC[C@@H](CCCC)O2)C(=O)[C@@H]1O. The second-order valence-electron chi connectivity index (χ2n) is 6.47. The lowest BCUT2D eigenvalue weighted by molar-refractivity contribution is -0.162. The van der Waals surface area contributed by atoms with Gasteiger partial charge in [-0.15, -0.1) is 0 Å². The fourth-order valence-electron chi connectivity index (χ4n) is 3.17. The van der Waals surface area contributed by atoms with Crippen LogP contribution < -0.4 is 0 Å². The first kappa shape index (κ1) is 18.0. The highest BCUT2D eigenvalue weighted by Gasteiger charge is 2.43. The number of unbranched alkanes of at least 4 members (excludes halogenated alkanes) is 3. The van der Waals surface area contributed by atoms with E-state index in [1.807, 2.05) is 0 Å². The van der Waals surface area contributed by atoms with Crippen molar-refractivity contribution in [1.82, 2.24) is 0 Å². The number of carbonyl (C=O) groups excluding carboxylic acids is 2. The fraction of sp³-hybridized carbons (Fsp3) is 0.778. The molecule has 2 aliphatic heterocycles. The molecule has 0 saturated carbocycles. The van der Waals surface area contributed by atoms with Crippen LogP contribution in [0.15, 0.2) is 11.3 Å². The van der Waals surface area contributed by atoms with Crippen molar-refractivity contribution in [2.24, 2.45) is 0 Å². The van der Waals surface area contributed by atoms with E-state index in [1.165, 1.54) is 0 Å². The fourth-order valence-corrected chi connectivity index (χ4v) is 3.17. The lowest BCUT2D eigenvalue weighted by atomic mass is 9.94. The Balaban J connectivity index is 2.03. The second kappa shape index (κ2) is 8.48. The highest BCUT2D eigenvalue weighted by molar-refractivity contribution is 6.21. The zero-order valence-electron chi connectivity index (χ0n) is 14.2. The molecule has 5 nitrogen and oxygen atoms in total. The van der Waals surface area contributed by atoms with Gasteiger partial charge in [0, 0.05) is 6.42 Å². The number of allylic oxidation sites excluding steroid dienone is 1. The molecule has 3 atom stereocenters. The summed E-state index contributed by atoms with van der Waals surface area (Å²) in [6.45, 7) is 4.19. The minimum Gasteiger partial charge on any atom is -0.494 e. The van der Waals surface area contributed by atoms with Crippen LogP contribution in [0.2, 0.25) is 0 Å². The van der Waals surface area contributed by atoms with Gasteiger partial charge in [-0.2, -0.15) is 0 Å². The molecule has 0 aromatic heterocycles. The third kappa shape index (κ3) is 4.34. The quantitative estimate of drug-likeness (QED) is 0.337. The smallest absolute Gasteiger partial charge is 0.345 e. The summed E-state index contributed by atoms with van der Waals surface area (Å²) < 4.78 is 11.1. The first-order chi connectivity index (χ1) is 11.1. The average molecular weight is 324 g/mol. The number of esters is 1. The number of aliphatic hydroxyl groups is 1. The molecule has 2 heterocycles. The number of aliphatic hydroxyl groups excluding tert-OH is 1. The van der Waals surface area contributed by atoms with Gasteiger partial charge in [-0.3, -0.25) is 4.79 Å². The molecule has 0 aromatic rings. The van der Waals surface area contributed by atoms with E-state index in [2.05, 4.69) is 13.8 Å². The van der Waals surface area contributed by atoms with Crippen molar-refractivity contribution in [3.8, 4) is 0 Å². The van der Waals surface area contributed by atoms with Gasteiger partial charge in [-0.1, -0.05) is 39.5 Å².